The van der Waals surface area contributed by atoms with Crippen molar-refractivity contribution in [2.24, 2.45) is 0 Å². The van der Waals surface area contributed by atoms with Gasteiger partial charge in [0.25, 0.3) is 0 Å². The molecule has 0 saturated heterocycles. The largest absolute Gasteiger partial charge is 0.472 e. The Bertz CT molecular complexity index is 2730. The second-order valence-corrected chi connectivity index (χ2v) is 32.2. The molecule has 0 aromatic heterocycles. The molecule has 0 aromatic carbocycles. The minimum absolute atomic E-state index is 0.0284. The van der Waals surface area contributed by atoms with Gasteiger partial charge in [-0.3, -0.25) is 32.5 Å². The summed E-state index contributed by atoms with van der Waals surface area (Å²) >= 11 is 0. The Labute approximate surface area is 688 Å². The number of hydrogen-bond donors (Lipinski definition) is 4. The van der Waals surface area contributed by atoms with Gasteiger partial charge in [-0.25, -0.2) is 9.13 Å². The van der Waals surface area contributed by atoms with Gasteiger partial charge in [-0.1, -0.05) is 358 Å². The smallest absolute Gasteiger partial charge is 0.463 e. The van der Waals surface area contributed by atoms with E-state index in [9.17, 15) is 43.5 Å². The number of unbranched alkanes of at least 4 members (excludes halogenated alkanes) is 32. The van der Waals surface area contributed by atoms with Gasteiger partial charge < -0.3 is 34.2 Å². The van der Waals surface area contributed by atoms with Crippen LogP contribution in [0.5, 0.6) is 0 Å². The lowest BCUT2D eigenvalue weighted by Crippen LogP contribution is -2.29. The van der Waals surface area contributed by atoms with Gasteiger partial charge in [0.1, 0.15) is 25.4 Å². The highest BCUT2D eigenvalue weighted by molar-refractivity contribution is 7.47. The maximum Gasteiger partial charge on any atom is 0.472 e. The molecular weight excluding hydrogens is 1460 g/mol. The van der Waals surface area contributed by atoms with Crippen LogP contribution in [0.1, 0.15) is 355 Å². The van der Waals surface area contributed by atoms with Crippen LogP contribution < -0.4 is 0 Å². The number of rotatable bonds is 83. The summed E-state index contributed by atoms with van der Waals surface area (Å²) in [6.45, 7) is 2.43. The van der Waals surface area contributed by atoms with Crippen molar-refractivity contribution in [2.75, 3.05) is 39.6 Å². The van der Waals surface area contributed by atoms with Crippen LogP contribution in [0.15, 0.2) is 170 Å². The Morgan fingerprint density at radius 1 is 0.257 bits per heavy atom. The fraction of sp³-hybridized carbons (Fsp3) is 0.674. The summed E-state index contributed by atoms with van der Waals surface area (Å²) in [6, 6.07) is 0. The van der Waals surface area contributed by atoms with E-state index >= 15 is 0 Å². The van der Waals surface area contributed by atoms with Crippen LogP contribution in [-0.2, 0) is 55.8 Å². The molecule has 4 N–H and O–H groups in total. The zero-order valence-electron chi connectivity index (χ0n) is 71.0. The van der Waals surface area contributed by atoms with Crippen LogP contribution in [-0.4, -0.2) is 95.9 Å². The Kier molecular flexibility index (Phi) is 82.4. The lowest BCUT2D eigenvalue weighted by Gasteiger charge is -2.21. The average molecular weight is 1620 g/mol. The van der Waals surface area contributed by atoms with Crippen LogP contribution in [0.25, 0.3) is 0 Å². The molecule has 0 amide bonds. The average Bonchev–Trinajstić information content (AvgIpc) is 0.905. The fourth-order valence-electron chi connectivity index (χ4n) is 11.7. The number of carbonyl (C=O) groups is 3. The van der Waals surface area contributed by atoms with Crippen LogP contribution in [0.3, 0.4) is 0 Å². The van der Waals surface area contributed by atoms with Crippen molar-refractivity contribution in [1.82, 2.24) is 0 Å². The van der Waals surface area contributed by atoms with E-state index in [2.05, 4.69) is 173 Å². The summed E-state index contributed by atoms with van der Waals surface area (Å²) in [5.41, 5.74) is 0. The Balaban J connectivity index is 4.54. The van der Waals surface area contributed by atoms with Crippen molar-refractivity contribution in [2.45, 2.75) is 373 Å². The second-order valence-electron chi connectivity index (χ2n) is 29.3. The van der Waals surface area contributed by atoms with Crippen LogP contribution in [0.4, 0.5) is 0 Å². The van der Waals surface area contributed by atoms with Crippen molar-refractivity contribution in [1.29, 1.82) is 0 Å². The monoisotopic (exact) mass is 1620 g/mol. The highest BCUT2D eigenvalue weighted by Crippen LogP contribution is 2.45. The lowest BCUT2D eigenvalue weighted by molar-refractivity contribution is -0.161. The zero-order chi connectivity index (χ0) is 82.2. The van der Waals surface area contributed by atoms with E-state index in [0.29, 0.717) is 25.7 Å². The van der Waals surface area contributed by atoms with Crippen molar-refractivity contribution >= 4 is 33.6 Å². The first-order chi connectivity index (χ1) is 55.2. The third-order valence-electron chi connectivity index (χ3n) is 18.4. The molecule has 5 unspecified atom stereocenters. The second kappa shape index (κ2) is 86.3. The molecule has 113 heavy (non-hydrogen) atoms. The maximum absolute atomic E-state index is 13.0. The van der Waals surface area contributed by atoms with Crippen LogP contribution in [0.2, 0.25) is 0 Å². The van der Waals surface area contributed by atoms with Crippen molar-refractivity contribution in [3.05, 3.63) is 170 Å². The molecule has 16 nitrogen and oxygen atoms in total. The Hall–Kier alpha value is -5.09. The molecule has 646 valence electrons. The molecule has 0 radical (unpaired) electrons. The van der Waals surface area contributed by atoms with E-state index in [0.717, 1.165) is 135 Å². The first kappa shape index (κ1) is 108. The molecule has 0 aliphatic rings. The molecule has 0 saturated carbocycles. The molecule has 0 spiro atoms. The molecule has 0 aromatic rings. The van der Waals surface area contributed by atoms with Crippen LogP contribution >= 0.6 is 15.6 Å². The molecule has 5 atom stereocenters. The third-order valence-corrected chi connectivity index (χ3v) is 20.3. The van der Waals surface area contributed by atoms with Crippen LogP contribution in [0, 0.1) is 0 Å². The number of ether oxygens (including phenoxy) is 3. The minimum Gasteiger partial charge on any atom is -0.463 e. The SMILES string of the molecule is CC/C=C\C/C=C\C/C=C\C/C=C\C/C=C\C/C=C\CCC(=O)OC(COC(=O)CCCCCCCCC/C=C\C/C=C\C/C=C\C/C=C\CCCCC)COP(=O)(O)OCC(O)COP(=O)(O)OCC(O)COC(=O)CCCCCCCCCCCCCCCCCCCCC/C=C\C/C=C\C/C=C\C/C=C\CCCCC. The molecular formula is C95H160O16P2. The summed E-state index contributed by atoms with van der Waals surface area (Å²) in [6.07, 6.45) is 111. The Morgan fingerprint density at radius 3 is 0.779 bits per heavy atom. The van der Waals surface area contributed by atoms with Gasteiger partial charge in [-0.05, 0) is 148 Å². The predicted octanol–water partition coefficient (Wildman–Crippen LogP) is 27.1. The van der Waals surface area contributed by atoms with Gasteiger partial charge >= 0.3 is 33.6 Å². The van der Waals surface area contributed by atoms with Gasteiger partial charge in [0.2, 0.25) is 0 Å². The van der Waals surface area contributed by atoms with Crippen molar-refractivity contribution in [3.8, 4) is 0 Å². The van der Waals surface area contributed by atoms with Gasteiger partial charge in [-0.2, -0.15) is 0 Å². The number of phosphoric ester groups is 2. The number of aliphatic hydroxyl groups is 2. The number of esters is 3. The predicted molar refractivity (Wildman–Crippen MR) is 472 cm³/mol. The molecule has 0 bridgehead atoms. The van der Waals surface area contributed by atoms with E-state index in [1.807, 2.05) is 18.2 Å². The summed E-state index contributed by atoms with van der Waals surface area (Å²) in [5.74, 6) is -1.69. The zero-order valence-corrected chi connectivity index (χ0v) is 72.8. The quantitative estimate of drug-likeness (QED) is 0.0146. The third kappa shape index (κ3) is 87.6. The number of hydrogen-bond acceptors (Lipinski definition) is 14. The van der Waals surface area contributed by atoms with E-state index in [1.54, 1.807) is 0 Å². The summed E-state index contributed by atoms with van der Waals surface area (Å²) in [4.78, 5) is 58.8. The van der Waals surface area contributed by atoms with Crippen molar-refractivity contribution in [3.63, 3.8) is 0 Å². The molecule has 0 fully saturated rings. The van der Waals surface area contributed by atoms with Crippen molar-refractivity contribution < 1.29 is 75.8 Å². The molecule has 18 heteroatoms. The first-order valence-electron chi connectivity index (χ1n) is 44.4. The minimum atomic E-state index is -4.96. The van der Waals surface area contributed by atoms with E-state index in [1.165, 1.54) is 154 Å². The highest BCUT2D eigenvalue weighted by Gasteiger charge is 2.29. The number of phosphoric acid groups is 2. The van der Waals surface area contributed by atoms with Gasteiger partial charge in [0, 0.05) is 19.3 Å². The van der Waals surface area contributed by atoms with Gasteiger partial charge in [0.15, 0.2) is 6.10 Å². The first-order valence-corrected chi connectivity index (χ1v) is 47.4. The standard InChI is InChI=1S/C95H160O16P2/c1-4-7-10-13-16-19-22-25-28-31-34-36-38-39-40-41-42-43-44-45-46-47-48-49-51-53-55-57-60-63-66-69-72-75-78-81-93(98)105-84-90(96)85-107-112(101,102)108-86-91(97)87-109-113(103,104)110-89-92(111-95(100)83-80-77-74-71-68-65-62-59-54-33-30-27-24-21-18-15-12-9-6-3)88-106-94(99)82-79-76-73-70-67-64-61-58-56-52-50-37-35-32-29-26-23-20-17-14-11-8-5-2/h9,12,16-21,25-30,34-37,39-40,52,54,56,59,65,68,74,77,90-92,96-97H,4-8,10-11,13-15,22-24,31-33,38,41-51,53,55,57-58,60-64,66-67,69-73,75-76,78-89H2,1-3H3,(H,101,102)(H,103,104)/b12-9-,19-16-,20-17-,21-18-,28-25-,29-26-,30-27-,36-34-,37-35-,40-39-,56-52-,59-54-,68-65-,77-74-. The van der Waals surface area contributed by atoms with E-state index in [-0.39, 0.29) is 19.3 Å². The molecule has 0 heterocycles. The van der Waals surface area contributed by atoms with E-state index in [4.69, 9.17) is 32.3 Å². The lowest BCUT2D eigenvalue weighted by atomic mass is 10.0. The summed E-state index contributed by atoms with van der Waals surface area (Å²) in [7, 11) is -9.84. The molecule has 0 aliphatic heterocycles. The molecule has 0 aliphatic carbocycles. The van der Waals surface area contributed by atoms with Gasteiger partial charge in [-0.15, -0.1) is 0 Å². The molecule has 0 rings (SSSR count). The number of carbonyl (C=O) groups excluding carboxylic acids is 3. The Morgan fingerprint density at radius 2 is 0.487 bits per heavy atom. The normalized spacial score (nSPS) is 14.6. The maximum atomic E-state index is 13.0. The van der Waals surface area contributed by atoms with E-state index < -0.39 is 91.5 Å². The topological polar surface area (TPSA) is 231 Å². The number of allylic oxidation sites excluding steroid dienone is 28. The van der Waals surface area contributed by atoms with Gasteiger partial charge in [0.05, 0.1) is 26.4 Å². The number of aliphatic hydroxyl groups excluding tert-OH is 2. The summed E-state index contributed by atoms with van der Waals surface area (Å²) in [5, 5.41) is 20.7. The fourth-order valence-corrected chi connectivity index (χ4v) is 13.3. The summed E-state index contributed by atoms with van der Waals surface area (Å²) < 4.78 is 61.2. The highest BCUT2D eigenvalue weighted by atomic mass is 31.2.